The third kappa shape index (κ3) is 7.58. The van der Waals surface area contributed by atoms with Gasteiger partial charge in [-0.25, -0.2) is 0 Å². The van der Waals surface area contributed by atoms with Crippen LogP contribution in [0.3, 0.4) is 0 Å². The Morgan fingerprint density at radius 1 is 1.06 bits per heavy atom. The molecule has 1 saturated heterocycles. The Balaban J connectivity index is 1.43. The van der Waals surface area contributed by atoms with E-state index in [1.54, 1.807) is 0 Å². The van der Waals surface area contributed by atoms with Gasteiger partial charge in [0.1, 0.15) is 0 Å². The number of benzene rings is 1. The maximum atomic E-state index is 12.2. The Labute approximate surface area is 191 Å². The van der Waals surface area contributed by atoms with Crippen LogP contribution in [0.5, 0.6) is 0 Å². The molecule has 3 atom stereocenters. The highest BCUT2D eigenvalue weighted by Gasteiger charge is 2.26. The summed E-state index contributed by atoms with van der Waals surface area (Å²) in [6.07, 6.45) is 4.33. The van der Waals surface area contributed by atoms with Crippen LogP contribution in [0, 0.1) is 0 Å². The maximum Gasteiger partial charge on any atom is 0.191 e. The van der Waals surface area contributed by atoms with Gasteiger partial charge < -0.3 is 15.5 Å². The predicted molar refractivity (Wildman–Crippen MR) is 132 cm³/mol. The molecule has 1 aliphatic heterocycles. The van der Waals surface area contributed by atoms with Crippen molar-refractivity contribution in [2.75, 3.05) is 45.5 Å². The SMILES string of the molecule is CCN1CCN(Cc2ccc(CNC(=NC)NC3CCCC(S(=O)CC)C3)cc2)CC1. The van der Waals surface area contributed by atoms with Crippen LogP contribution in [0.25, 0.3) is 0 Å². The lowest BCUT2D eigenvalue weighted by Gasteiger charge is -2.34. The molecular weight excluding hydrogens is 406 g/mol. The van der Waals surface area contributed by atoms with Crippen molar-refractivity contribution >= 4 is 16.8 Å². The highest BCUT2D eigenvalue weighted by molar-refractivity contribution is 7.85. The minimum Gasteiger partial charge on any atom is -0.354 e. The summed E-state index contributed by atoms with van der Waals surface area (Å²) in [6.45, 7) is 11.9. The molecule has 0 radical (unpaired) electrons. The van der Waals surface area contributed by atoms with E-state index >= 15 is 0 Å². The van der Waals surface area contributed by atoms with Crippen molar-refractivity contribution in [1.82, 2.24) is 20.4 Å². The van der Waals surface area contributed by atoms with Crippen LogP contribution in [-0.4, -0.2) is 76.8 Å². The van der Waals surface area contributed by atoms with Gasteiger partial charge in [-0.05, 0) is 36.9 Å². The normalized spacial score (nSPS) is 24.7. The number of hydrogen-bond donors (Lipinski definition) is 2. The van der Waals surface area contributed by atoms with Gasteiger partial charge >= 0.3 is 0 Å². The Morgan fingerprint density at radius 2 is 1.74 bits per heavy atom. The van der Waals surface area contributed by atoms with Crippen molar-refractivity contribution in [3.63, 3.8) is 0 Å². The minimum atomic E-state index is -0.698. The standard InChI is InChI=1S/C24H41N5OS/c1-4-28-13-15-29(16-14-28)19-21-11-9-20(10-12-21)18-26-24(25-3)27-22-7-6-8-23(17-22)31(30)5-2/h9-12,22-23H,4-8,13-19H2,1-3H3,(H2,25,26,27). The monoisotopic (exact) mass is 447 g/mol. The average molecular weight is 448 g/mol. The van der Waals surface area contributed by atoms with E-state index in [0.717, 1.165) is 70.1 Å². The average Bonchev–Trinajstić information content (AvgIpc) is 2.82. The highest BCUT2D eigenvalue weighted by atomic mass is 32.2. The van der Waals surface area contributed by atoms with Crippen LogP contribution in [-0.2, 0) is 23.9 Å². The van der Waals surface area contributed by atoms with E-state index in [9.17, 15) is 4.21 Å². The molecule has 0 spiro atoms. The van der Waals surface area contributed by atoms with Gasteiger partial charge in [-0.15, -0.1) is 0 Å². The number of likely N-dealkylation sites (N-methyl/N-ethyl adjacent to an activating group) is 1. The summed E-state index contributed by atoms with van der Waals surface area (Å²) in [6, 6.07) is 9.31. The summed E-state index contributed by atoms with van der Waals surface area (Å²) in [5.41, 5.74) is 2.64. The van der Waals surface area contributed by atoms with Crippen LogP contribution < -0.4 is 10.6 Å². The molecule has 2 fully saturated rings. The first kappa shape index (κ1) is 24.2. The van der Waals surface area contributed by atoms with Crippen molar-refractivity contribution in [1.29, 1.82) is 0 Å². The first-order chi connectivity index (χ1) is 15.1. The second kappa shape index (κ2) is 12.6. The van der Waals surface area contributed by atoms with Crippen molar-refractivity contribution in [3.05, 3.63) is 35.4 Å². The molecule has 1 saturated carbocycles. The summed E-state index contributed by atoms with van der Waals surface area (Å²) in [5, 5.41) is 7.33. The van der Waals surface area contributed by atoms with E-state index in [1.165, 1.54) is 24.2 Å². The van der Waals surface area contributed by atoms with Gasteiger partial charge in [-0.3, -0.25) is 14.1 Å². The number of aliphatic imine (C=N–C) groups is 1. The van der Waals surface area contributed by atoms with Crippen LogP contribution >= 0.6 is 0 Å². The van der Waals surface area contributed by atoms with Gasteiger partial charge in [0, 0.05) is 74.2 Å². The molecule has 3 unspecified atom stereocenters. The molecule has 1 aromatic carbocycles. The fraction of sp³-hybridized carbons (Fsp3) is 0.708. The number of rotatable bonds is 8. The molecule has 2 aliphatic rings. The molecule has 0 aromatic heterocycles. The Bertz CT molecular complexity index is 715. The van der Waals surface area contributed by atoms with Crippen LogP contribution in [0.4, 0.5) is 0 Å². The van der Waals surface area contributed by atoms with Crippen molar-refractivity contribution < 1.29 is 4.21 Å². The lowest BCUT2D eigenvalue weighted by Crippen LogP contribution is -2.46. The van der Waals surface area contributed by atoms with E-state index in [-0.39, 0.29) is 0 Å². The number of nitrogens with one attached hydrogen (secondary N) is 2. The summed E-state index contributed by atoms with van der Waals surface area (Å²) in [4.78, 5) is 9.47. The molecule has 0 bridgehead atoms. The van der Waals surface area contributed by atoms with Gasteiger partial charge in [0.15, 0.2) is 5.96 Å². The van der Waals surface area contributed by atoms with Crippen molar-refractivity contribution in [2.45, 2.75) is 63.9 Å². The minimum absolute atomic E-state index is 0.326. The van der Waals surface area contributed by atoms with Crippen LogP contribution in [0.2, 0.25) is 0 Å². The van der Waals surface area contributed by atoms with Gasteiger partial charge in [-0.1, -0.05) is 44.5 Å². The third-order valence-corrected chi connectivity index (χ3v) is 8.39. The maximum absolute atomic E-state index is 12.2. The zero-order chi connectivity index (χ0) is 22.1. The van der Waals surface area contributed by atoms with E-state index in [0.29, 0.717) is 11.3 Å². The first-order valence-corrected chi connectivity index (χ1v) is 13.4. The summed E-state index contributed by atoms with van der Waals surface area (Å²) in [7, 11) is 1.12. The Hall–Kier alpha value is -1.44. The largest absolute Gasteiger partial charge is 0.354 e. The molecule has 1 aromatic rings. The number of guanidine groups is 1. The van der Waals surface area contributed by atoms with E-state index in [2.05, 4.69) is 56.6 Å². The lowest BCUT2D eigenvalue weighted by molar-refractivity contribution is 0.132. The van der Waals surface area contributed by atoms with Crippen LogP contribution in [0.15, 0.2) is 29.3 Å². The Kier molecular flexibility index (Phi) is 9.81. The quantitative estimate of drug-likeness (QED) is 0.474. The topological polar surface area (TPSA) is 60.0 Å². The fourth-order valence-electron chi connectivity index (χ4n) is 4.61. The van der Waals surface area contributed by atoms with Gasteiger partial charge in [0.05, 0.1) is 0 Å². The predicted octanol–water partition coefficient (Wildman–Crippen LogP) is 2.57. The zero-order valence-electron chi connectivity index (χ0n) is 19.6. The second-order valence-electron chi connectivity index (χ2n) is 8.75. The smallest absolute Gasteiger partial charge is 0.191 e. The number of nitrogens with zero attached hydrogens (tertiary/aromatic N) is 3. The van der Waals surface area contributed by atoms with Crippen molar-refractivity contribution in [3.8, 4) is 0 Å². The Morgan fingerprint density at radius 3 is 2.39 bits per heavy atom. The molecule has 2 N–H and O–H groups in total. The molecule has 0 amide bonds. The molecule has 3 rings (SSSR count). The number of hydrogen-bond acceptors (Lipinski definition) is 4. The third-order valence-electron chi connectivity index (χ3n) is 6.65. The zero-order valence-corrected chi connectivity index (χ0v) is 20.4. The van der Waals surface area contributed by atoms with Gasteiger partial charge in [-0.2, -0.15) is 0 Å². The first-order valence-electron chi connectivity index (χ1n) is 12.0. The summed E-state index contributed by atoms with van der Waals surface area (Å²) in [5.74, 6) is 1.60. The molecule has 1 aliphatic carbocycles. The summed E-state index contributed by atoms with van der Waals surface area (Å²) >= 11 is 0. The number of piperazine rings is 1. The van der Waals surface area contributed by atoms with Gasteiger partial charge in [0.25, 0.3) is 0 Å². The molecule has 1 heterocycles. The molecule has 174 valence electrons. The fourth-order valence-corrected chi connectivity index (χ4v) is 5.96. The lowest BCUT2D eigenvalue weighted by atomic mass is 9.95. The highest BCUT2D eigenvalue weighted by Crippen LogP contribution is 2.23. The van der Waals surface area contributed by atoms with Gasteiger partial charge in [0.2, 0.25) is 0 Å². The molecular formula is C24H41N5OS. The molecule has 6 nitrogen and oxygen atoms in total. The summed E-state index contributed by atoms with van der Waals surface area (Å²) < 4.78 is 12.2. The van der Waals surface area contributed by atoms with E-state index in [4.69, 9.17) is 0 Å². The molecule has 31 heavy (non-hydrogen) atoms. The molecule has 7 heteroatoms. The van der Waals surface area contributed by atoms with Crippen LogP contribution in [0.1, 0.15) is 50.7 Å². The van der Waals surface area contributed by atoms with E-state index in [1.807, 2.05) is 14.0 Å². The van der Waals surface area contributed by atoms with Crippen molar-refractivity contribution in [2.24, 2.45) is 4.99 Å². The van der Waals surface area contributed by atoms with E-state index < -0.39 is 10.8 Å². The second-order valence-corrected chi connectivity index (χ2v) is 10.8.